The van der Waals surface area contributed by atoms with Crippen LogP contribution in [-0.4, -0.2) is 0 Å². The third-order valence-electron chi connectivity index (χ3n) is 2.91. The summed E-state index contributed by atoms with van der Waals surface area (Å²) in [6.45, 7) is 0. The van der Waals surface area contributed by atoms with Crippen LogP contribution in [0.1, 0.15) is 0 Å². The molecule has 0 amide bonds. The van der Waals surface area contributed by atoms with Crippen LogP contribution in [0.25, 0.3) is 10.8 Å². The van der Waals surface area contributed by atoms with Crippen molar-refractivity contribution >= 4 is 22.1 Å². The summed E-state index contributed by atoms with van der Waals surface area (Å²) in [5, 5.41) is 2.32. The molecular formula is C16H14N2O. The summed E-state index contributed by atoms with van der Waals surface area (Å²) in [5.41, 5.74) is 12.7. The van der Waals surface area contributed by atoms with Crippen molar-refractivity contribution in [3.05, 3.63) is 60.7 Å². The predicted octanol–water partition coefficient (Wildman–Crippen LogP) is 3.80. The lowest BCUT2D eigenvalue weighted by atomic mass is 10.1. The number of benzene rings is 3. The largest absolute Gasteiger partial charge is 0.457 e. The number of rotatable bonds is 2. The Bertz CT molecular complexity index is 717. The van der Waals surface area contributed by atoms with Gasteiger partial charge in [-0.1, -0.05) is 30.3 Å². The third kappa shape index (κ3) is 2.45. The topological polar surface area (TPSA) is 61.3 Å². The molecule has 0 aliphatic rings. The van der Waals surface area contributed by atoms with Gasteiger partial charge in [0.05, 0.1) is 0 Å². The normalized spacial score (nSPS) is 10.5. The molecule has 0 spiro atoms. The second-order valence-corrected chi connectivity index (χ2v) is 4.45. The van der Waals surface area contributed by atoms with Gasteiger partial charge in [-0.25, -0.2) is 0 Å². The van der Waals surface area contributed by atoms with E-state index in [0.29, 0.717) is 17.1 Å². The fourth-order valence-electron chi connectivity index (χ4n) is 2.07. The molecule has 3 aromatic carbocycles. The number of fused-ring (bicyclic) bond motifs is 1. The summed E-state index contributed by atoms with van der Waals surface area (Å²) in [4.78, 5) is 0. The van der Waals surface area contributed by atoms with Crippen LogP contribution in [0.4, 0.5) is 11.4 Å². The zero-order chi connectivity index (χ0) is 13.2. The van der Waals surface area contributed by atoms with Crippen LogP contribution in [0.15, 0.2) is 60.7 Å². The van der Waals surface area contributed by atoms with Gasteiger partial charge in [-0.3, -0.25) is 0 Å². The quantitative estimate of drug-likeness (QED) is 0.680. The van der Waals surface area contributed by atoms with Crippen LogP contribution in [-0.2, 0) is 0 Å². The number of hydrogen-bond donors (Lipinski definition) is 2. The Labute approximate surface area is 111 Å². The van der Waals surface area contributed by atoms with Gasteiger partial charge in [0.2, 0.25) is 0 Å². The van der Waals surface area contributed by atoms with Crippen LogP contribution in [0.3, 0.4) is 0 Å². The number of anilines is 2. The smallest absolute Gasteiger partial charge is 0.131 e. The van der Waals surface area contributed by atoms with Gasteiger partial charge in [-0.15, -0.1) is 0 Å². The highest BCUT2D eigenvalue weighted by Crippen LogP contribution is 2.28. The highest BCUT2D eigenvalue weighted by Gasteiger charge is 2.01. The molecule has 94 valence electrons. The second-order valence-electron chi connectivity index (χ2n) is 4.45. The van der Waals surface area contributed by atoms with Gasteiger partial charge in [0, 0.05) is 23.5 Å². The molecule has 0 heterocycles. The van der Waals surface area contributed by atoms with E-state index in [0.717, 1.165) is 11.1 Å². The lowest BCUT2D eigenvalue weighted by Crippen LogP contribution is -1.92. The number of ether oxygens (including phenoxy) is 1. The maximum Gasteiger partial charge on any atom is 0.131 e. The molecule has 0 aliphatic heterocycles. The summed E-state index contributed by atoms with van der Waals surface area (Å²) in [6, 6.07) is 19.3. The van der Waals surface area contributed by atoms with Crippen LogP contribution in [0, 0.1) is 0 Å². The van der Waals surface area contributed by atoms with Crippen molar-refractivity contribution in [2.75, 3.05) is 11.5 Å². The summed E-state index contributed by atoms with van der Waals surface area (Å²) in [6.07, 6.45) is 0. The van der Waals surface area contributed by atoms with Gasteiger partial charge in [-0.05, 0) is 29.0 Å². The highest BCUT2D eigenvalue weighted by molar-refractivity contribution is 5.83. The molecule has 3 nitrogen and oxygen atoms in total. The average molecular weight is 250 g/mol. The van der Waals surface area contributed by atoms with Gasteiger partial charge in [0.1, 0.15) is 11.5 Å². The number of hydrogen-bond acceptors (Lipinski definition) is 3. The molecule has 3 aromatic rings. The van der Waals surface area contributed by atoms with Crippen LogP contribution < -0.4 is 16.2 Å². The van der Waals surface area contributed by atoms with E-state index in [2.05, 4.69) is 12.1 Å². The lowest BCUT2D eigenvalue weighted by Gasteiger charge is -2.08. The molecule has 19 heavy (non-hydrogen) atoms. The lowest BCUT2D eigenvalue weighted by molar-refractivity contribution is 0.484. The second kappa shape index (κ2) is 4.53. The molecule has 3 heteroatoms. The van der Waals surface area contributed by atoms with Crippen LogP contribution >= 0.6 is 0 Å². The van der Waals surface area contributed by atoms with E-state index in [4.69, 9.17) is 16.2 Å². The monoisotopic (exact) mass is 250 g/mol. The minimum absolute atomic E-state index is 0.593. The summed E-state index contributed by atoms with van der Waals surface area (Å²) < 4.78 is 5.79. The van der Waals surface area contributed by atoms with Gasteiger partial charge in [0.25, 0.3) is 0 Å². The fraction of sp³-hybridized carbons (Fsp3) is 0. The van der Waals surface area contributed by atoms with Crippen molar-refractivity contribution in [2.24, 2.45) is 0 Å². The Kier molecular flexibility index (Phi) is 2.72. The first-order chi connectivity index (χ1) is 9.20. The highest BCUT2D eigenvalue weighted by atomic mass is 16.5. The fourth-order valence-corrected chi connectivity index (χ4v) is 2.07. The third-order valence-corrected chi connectivity index (χ3v) is 2.91. The average Bonchev–Trinajstić information content (AvgIpc) is 2.37. The molecule has 0 aliphatic carbocycles. The number of nitrogens with two attached hydrogens (primary N) is 2. The van der Waals surface area contributed by atoms with Crippen molar-refractivity contribution in [2.45, 2.75) is 0 Å². The minimum atomic E-state index is 0.593. The van der Waals surface area contributed by atoms with Crippen molar-refractivity contribution in [1.82, 2.24) is 0 Å². The molecular weight excluding hydrogens is 236 g/mol. The van der Waals surface area contributed by atoms with E-state index in [9.17, 15) is 0 Å². The molecule has 3 rings (SSSR count). The Balaban J connectivity index is 1.96. The molecule has 0 bridgehead atoms. The van der Waals surface area contributed by atoms with Gasteiger partial charge >= 0.3 is 0 Å². The van der Waals surface area contributed by atoms with E-state index < -0.39 is 0 Å². The Morgan fingerprint density at radius 3 is 2.05 bits per heavy atom. The first kappa shape index (κ1) is 11.4. The molecule has 0 radical (unpaired) electrons. The zero-order valence-electron chi connectivity index (χ0n) is 10.3. The first-order valence-corrected chi connectivity index (χ1v) is 6.03. The summed E-state index contributed by atoms with van der Waals surface area (Å²) >= 11 is 0. The van der Waals surface area contributed by atoms with E-state index in [1.54, 1.807) is 18.2 Å². The molecule has 0 saturated heterocycles. The van der Waals surface area contributed by atoms with E-state index >= 15 is 0 Å². The Morgan fingerprint density at radius 2 is 1.32 bits per heavy atom. The van der Waals surface area contributed by atoms with Gasteiger partial charge in [-0.2, -0.15) is 0 Å². The number of nitrogen functional groups attached to an aromatic ring is 2. The molecule has 0 atom stereocenters. The summed E-state index contributed by atoms with van der Waals surface area (Å²) in [5.74, 6) is 1.41. The van der Waals surface area contributed by atoms with E-state index in [1.165, 1.54) is 5.39 Å². The molecule has 0 unspecified atom stereocenters. The van der Waals surface area contributed by atoms with Crippen LogP contribution in [0.2, 0.25) is 0 Å². The molecule has 4 N–H and O–H groups in total. The van der Waals surface area contributed by atoms with Crippen molar-refractivity contribution < 1.29 is 4.74 Å². The maximum absolute atomic E-state index is 5.79. The van der Waals surface area contributed by atoms with Gasteiger partial charge < -0.3 is 16.2 Å². The molecule has 0 saturated carbocycles. The minimum Gasteiger partial charge on any atom is -0.457 e. The predicted molar refractivity (Wildman–Crippen MR) is 79.3 cm³/mol. The van der Waals surface area contributed by atoms with Crippen LogP contribution in [0.5, 0.6) is 11.5 Å². The Hall–Kier alpha value is -2.68. The van der Waals surface area contributed by atoms with Gasteiger partial charge in [0.15, 0.2) is 0 Å². The Morgan fingerprint density at radius 1 is 0.632 bits per heavy atom. The SMILES string of the molecule is Nc1cc(N)cc(Oc2ccc3ccccc3c2)c1. The van der Waals surface area contributed by atoms with E-state index in [1.807, 2.05) is 30.3 Å². The summed E-state index contributed by atoms with van der Waals surface area (Å²) in [7, 11) is 0. The van der Waals surface area contributed by atoms with E-state index in [-0.39, 0.29) is 0 Å². The zero-order valence-corrected chi connectivity index (χ0v) is 10.3. The van der Waals surface area contributed by atoms with Crippen molar-refractivity contribution in [3.8, 4) is 11.5 Å². The maximum atomic E-state index is 5.79. The standard InChI is InChI=1S/C16H14N2O/c17-13-8-14(18)10-16(9-13)19-15-6-5-11-3-1-2-4-12(11)7-15/h1-10H,17-18H2. The van der Waals surface area contributed by atoms with Crippen molar-refractivity contribution in [3.63, 3.8) is 0 Å². The van der Waals surface area contributed by atoms with Crippen molar-refractivity contribution in [1.29, 1.82) is 0 Å². The first-order valence-electron chi connectivity index (χ1n) is 6.03. The molecule has 0 fully saturated rings. The molecule has 0 aromatic heterocycles.